The van der Waals surface area contributed by atoms with Gasteiger partial charge < -0.3 is 0 Å². The molecule has 71 heavy (non-hydrogen) atoms. The summed E-state index contributed by atoms with van der Waals surface area (Å²) >= 11 is 0. The van der Waals surface area contributed by atoms with Crippen molar-refractivity contribution >= 4 is 0 Å². The molecule has 0 atom stereocenters. The Morgan fingerprint density at radius 2 is 0.915 bits per heavy atom. The normalized spacial score (nSPS) is 13.0. The van der Waals surface area contributed by atoms with Crippen LogP contribution in [0, 0.1) is 13.8 Å². The molecular formula is C68H75N3. The van der Waals surface area contributed by atoms with Gasteiger partial charge in [-0.05, 0) is 130 Å². The predicted molar refractivity (Wildman–Crippen MR) is 301 cm³/mol. The van der Waals surface area contributed by atoms with Crippen molar-refractivity contribution in [2.24, 2.45) is 0 Å². The molecule has 0 saturated carbocycles. The number of rotatable bonds is 16. The molecule has 1 aliphatic rings. The Bertz CT molecular complexity index is 2990. The van der Waals surface area contributed by atoms with Crippen LogP contribution in [0.15, 0.2) is 152 Å². The summed E-state index contributed by atoms with van der Waals surface area (Å²) in [6.07, 6.45) is 14.1. The van der Waals surface area contributed by atoms with Crippen molar-refractivity contribution in [1.29, 1.82) is 0 Å². The molecule has 3 heteroatoms. The van der Waals surface area contributed by atoms with Crippen LogP contribution in [-0.2, 0) is 29.1 Å². The summed E-state index contributed by atoms with van der Waals surface area (Å²) in [7, 11) is 0. The first kappa shape index (κ1) is 49.5. The molecule has 362 valence electrons. The molecule has 0 amide bonds. The fourth-order valence-electron chi connectivity index (χ4n) is 11.0. The summed E-state index contributed by atoms with van der Waals surface area (Å²) in [5.41, 5.74) is 22.5. The van der Waals surface area contributed by atoms with Crippen molar-refractivity contribution in [2.75, 3.05) is 0 Å². The first-order valence-electron chi connectivity index (χ1n) is 26.7. The van der Waals surface area contributed by atoms with Gasteiger partial charge in [-0.1, -0.05) is 226 Å². The average molecular weight is 934 g/mol. The average Bonchev–Trinajstić information content (AvgIpc) is 3.66. The Morgan fingerprint density at radius 1 is 0.423 bits per heavy atom. The van der Waals surface area contributed by atoms with Crippen molar-refractivity contribution in [3.8, 4) is 56.3 Å². The Hall–Kier alpha value is -6.45. The summed E-state index contributed by atoms with van der Waals surface area (Å²) < 4.78 is 0. The van der Waals surface area contributed by atoms with Gasteiger partial charge in [-0.25, -0.2) is 9.97 Å². The largest absolute Gasteiger partial charge is 0.255 e. The summed E-state index contributed by atoms with van der Waals surface area (Å²) in [5, 5.41) is 0. The Balaban J connectivity index is 1.16. The predicted octanol–water partition coefficient (Wildman–Crippen LogP) is 18.4. The van der Waals surface area contributed by atoms with Gasteiger partial charge in [0.05, 0.1) is 22.5 Å². The van der Waals surface area contributed by atoms with Crippen LogP contribution in [0.3, 0.4) is 0 Å². The first-order valence-corrected chi connectivity index (χ1v) is 26.7. The van der Waals surface area contributed by atoms with Gasteiger partial charge in [-0.15, -0.1) is 0 Å². The summed E-state index contributed by atoms with van der Waals surface area (Å²) in [6, 6.07) is 55.3. The topological polar surface area (TPSA) is 38.7 Å². The van der Waals surface area contributed by atoms with E-state index in [9.17, 15) is 0 Å². The number of fused-ring (bicyclic) bond motifs is 3. The maximum atomic E-state index is 5.25. The molecule has 0 unspecified atom stereocenters. The van der Waals surface area contributed by atoms with Crippen LogP contribution in [-0.4, -0.2) is 15.0 Å². The van der Waals surface area contributed by atoms with Gasteiger partial charge in [0.15, 0.2) is 5.82 Å². The van der Waals surface area contributed by atoms with E-state index in [1.165, 1.54) is 118 Å². The standard InChI is InChI=1S/C68H75N3/c1-11-13-15-17-21-48-37-46(3)39-56(41-48)68(57-40-47(4)38-49(42-57)22-18-16-14-12-2)60-24-20-19-23-58(60)59-35-29-52(43-61(59)68)62-36-30-53(45-69-62)65-70-63(50-25-31-54(32-26-50)66(5,6)7)44-64(71-65)51-27-33-55(34-28-51)67(8,9)10/h19-20,23-45H,11-18,21-22H2,1-10H3. The van der Waals surface area contributed by atoms with Gasteiger partial charge in [-0.3, -0.25) is 4.98 Å². The second-order valence-electron chi connectivity index (χ2n) is 22.6. The lowest BCUT2D eigenvalue weighted by atomic mass is 9.66. The number of unbranched alkanes of at least 4 members (excludes halogenated alkanes) is 6. The van der Waals surface area contributed by atoms with Gasteiger partial charge >= 0.3 is 0 Å². The third-order valence-electron chi connectivity index (χ3n) is 15.0. The van der Waals surface area contributed by atoms with E-state index in [0.717, 1.165) is 52.2 Å². The number of aryl methyl sites for hydroxylation is 4. The number of nitrogens with zero attached hydrogens (tertiary/aromatic N) is 3. The van der Waals surface area contributed by atoms with E-state index in [1.54, 1.807) is 0 Å². The number of benzene rings is 6. The zero-order valence-electron chi connectivity index (χ0n) is 44.3. The van der Waals surface area contributed by atoms with E-state index in [4.69, 9.17) is 15.0 Å². The maximum absolute atomic E-state index is 5.25. The van der Waals surface area contributed by atoms with Crippen LogP contribution in [0.5, 0.6) is 0 Å². The molecule has 0 bridgehead atoms. The molecule has 0 radical (unpaired) electrons. The molecule has 0 fully saturated rings. The molecular weight excluding hydrogens is 859 g/mol. The summed E-state index contributed by atoms with van der Waals surface area (Å²) in [4.78, 5) is 15.7. The highest BCUT2D eigenvalue weighted by atomic mass is 14.9. The molecule has 8 aromatic rings. The number of aromatic nitrogens is 3. The quantitative estimate of drug-likeness (QED) is 0.0906. The summed E-state index contributed by atoms with van der Waals surface area (Å²) in [5.74, 6) is 0.662. The van der Waals surface area contributed by atoms with E-state index < -0.39 is 5.41 Å². The van der Waals surface area contributed by atoms with Crippen molar-refractivity contribution in [3.63, 3.8) is 0 Å². The van der Waals surface area contributed by atoms with Crippen molar-refractivity contribution in [2.45, 2.75) is 150 Å². The number of hydrogen-bond acceptors (Lipinski definition) is 3. The minimum absolute atomic E-state index is 0.0579. The molecule has 9 rings (SSSR count). The van der Waals surface area contributed by atoms with E-state index in [2.05, 4.69) is 215 Å². The lowest BCUT2D eigenvalue weighted by Crippen LogP contribution is -2.29. The molecule has 0 aliphatic heterocycles. The van der Waals surface area contributed by atoms with Crippen LogP contribution < -0.4 is 0 Å². The molecule has 6 aromatic carbocycles. The van der Waals surface area contributed by atoms with Gasteiger partial charge in [0.1, 0.15) is 0 Å². The Kier molecular flexibility index (Phi) is 14.5. The molecule has 2 heterocycles. The number of pyridine rings is 1. The SMILES string of the molecule is CCCCCCc1cc(C)cc(C2(c3cc(C)cc(CCCCCC)c3)c3ccccc3-c3ccc(-c4ccc(-c5nc(-c6ccc(C(C)(C)C)cc6)cc(-c6ccc(C(C)(C)C)cc6)n5)cn4)cc32)c1. The monoisotopic (exact) mass is 934 g/mol. The van der Waals surface area contributed by atoms with Crippen LogP contribution in [0.4, 0.5) is 0 Å². The van der Waals surface area contributed by atoms with Gasteiger partial charge in [-0.2, -0.15) is 0 Å². The highest BCUT2D eigenvalue weighted by Crippen LogP contribution is 2.57. The van der Waals surface area contributed by atoms with Crippen LogP contribution in [0.2, 0.25) is 0 Å². The zero-order chi connectivity index (χ0) is 49.9. The lowest BCUT2D eigenvalue weighted by molar-refractivity contribution is 0.590. The lowest BCUT2D eigenvalue weighted by Gasteiger charge is -2.35. The molecule has 0 spiro atoms. The zero-order valence-corrected chi connectivity index (χ0v) is 44.3. The highest BCUT2D eigenvalue weighted by molar-refractivity contribution is 5.88. The maximum Gasteiger partial charge on any atom is 0.161 e. The Labute approximate surface area is 426 Å². The fraction of sp³-hybridized carbons (Fsp3) is 0.338. The second kappa shape index (κ2) is 20.7. The van der Waals surface area contributed by atoms with Gasteiger partial charge in [0, 0.05) is 28.5 Å². The molecule has 2 aromatic heterocycles. The fourth-order valence-corrected chi connectivity index (χ4v) is 11.0. The molecule has 0 N–H and O–H groups in total. The number of hydrogen-bond donors (Lipinski definition) is 0. The molecule has 1 aliphatic carbocycles. The van der Waals surface area contributed by atoms with E-state index in [-0.39, 0.29) is 10.8 Å². The van der Waals surface area contributed by atoms with Crippen molar-refractivity contribution < 1.29 is 0 Å². The van der Waals surface area contributed by atoms with Crippen LogP contribution in [0.1, 0.15) is 162 Å². The van der Waals surface area contributed by atoms with Gasteiger partial charge in [0.25, 0.3) is 0 Å². The first-order chi connectivity index (χ1) is 34.1. The van der Waals surface area contributed by atoms with Crippen LogP contribution >= 0.6 is 0 Å². The minimum atomic E-state index is -0.517. The third-order valence-corrected chi connectivity index (χ3v) is 15.0. The summed E-state index contributed by atoms with van der Waals surface area (Å²) in [6.45, 7) is 22.7. The molecule has 3 nitrogen and oxygen atoms in total. The Morgan fingerprint density at radius 3 is 1.41 bits per heavy atom. The van der Waals surface area contributed by atoms with Gasteiger partial charge in [0.2, 0.25) is 0 Å². The van der Waals surface area contributed by atoms with Crippen LogP contribution in [0.25, 0.3) is 56.3 Å². The van der Waals surface area contributed by atoms with E-state index >= 15 is 0 Å². The third kappa shape index (κ3) is 10.5. The van der Waals surface area contributed by atoms with E-state index in [0.29, 0.717) is 5.82 Å². The highest BCUT2D eigenvalue weighted by Gasteiger charge is 2.46. The van der Waals surface area contributed by atoms with E-state index in [1.807, 2.05) is 6.20 Å². The van der Waals surface area contributed by atoms with Crippen molar-refractivity contribution in [3.05, 3.63) is 207 Å². The minimum Gasteiger partial charge on any atom is -0.255 e. The smallest absolute Gasteiger partial charge is 0.161 e. The second-order valence-corrected chi connectivity index (χ2v) is 22.6. The molecule has 0 saturated heterocycles. The van der Waals surface area contributed by atoms with Crippen molar-refractivity contribution in [1.82, 2.24) is 15.0 Å².